The third kappa shape index (κ3) is 6.86. The van der Waals surface area contributed by atoms with Crippen LogP contribution in [0.25, 0.3) is 10.9 Å². The van der Waals surface area contributed by atoms with Crippen molar-refractivity contribution in [2.24, 2.45) is 5.73 Å². The molecule has 1 aromatic carbocycles. The first-order valence-electron chi connectivity index (χ1n) is 11.2. The summed E-state index contributed by atoms with van der Waals surface area (Å²) in [6, 6.07) is 3.11. The number of hydrogen-bond acceptors (Lipinski definition) is 7. The van der Waals surface area contributed by atoms with Crippen LogP contribution in [0.1, 0.15) is 18.2 Å². The van der Waals surface area contributed by atoms with Crippen molar-refractivity contribution < 1.29 is 24.3 Å². The lowest BCUT2D eigenvalue weighted by Crippen LogP contribution is -2.58. The number of carbonyl (C=O) groups is 4. The molecule has 0 aliphatic rings. The van der Waals surface area contributed by atoms with E-state index in [0.29, 0.717) is 5.69 Å². The predicted octanol–water partition coefficient (Wildman–Crippen LogP) is -0.508. The number of fused-ring (bicyclic) bond motifs is 1. The van der Waals surface area contributed by atoms with Crippen LogP contribution in [0.5, 0.6) is 0 Å². The molecule has 0 radical (unpaired) electrons. The number of benzene rings is 1. The second-order valence-electron chi connectivity index (χ2n) is 8.34. The fourth-order valence-electron chi connectivity index (χ4n) is 3.59. The lowest BCUT2D eigenvalue weighted by atomic mass is 10.0. The second-order valence-corrected chi connectivity index (χ2v) is 8.70. The summed E-state index contributed by atoms with van der Waals surface area (Å²) in [5.74, 6) is -3.25. The lowest BCUT2D eigenvalue weighted by molar-refractivity contribution is -0.142. The van der Waals surface area contributed by atoms with E-state index in [4.69, 9.17) is 5.73 Å². The maximum absolute atomic E-state index is 13.0. The summed E-state index contributed by atoms with van der Waals surface area (Å²) in [6.07, 6.45) is 4.74. The Morgan fingerprint density at radius 2 is 1.67 bits per heavy atom. The number of nitrogens with two attached hydrogens (primary N) is 1. The molecular weight excluding hydrogens is 486 g/mol. The molecule has 4 unspecified atom stereocenters. The molecule has 0 aliphatic heterocycles. The summed E-state index contributed by atoms with van der Waals surface area (Å²) in [6.45, 7) is 1.48. The highest BCUT2D eigenvalue weighted by atomic mass is 32.1. The van der Waals surface area contributed by atoms with Gasteiger partial charge in [0.2, 0.25) is 17.7 Å². The van der Waals surface area contributed by atoms with Gasteiger partial charge in [-0.15, -0.1) is 0 Å². The summed E-state index contributed by atoms with van der Waals surface area (Å²) in [5.41, 5.74) is 7.76. The van der Waals surface area contributed by atoms with Gasteiger partial charge in [-0.25, -0.2) is 9.78 Å². The molecule has 8 N–H and O–H groups in total. The number of nitrogens with zero attached hydrogens (tertiary/aromatic N) is 1. The van der Waals surface area contributed by atoms with Crippen LogP contribution in [0.3, 0.4) is 0 Å². The smallest absolute Gasteiger partial charge is 0.326 e. The van der Waals surface area contributed by atoms with E-state index in [1.165, 1.54) is 19.4 Å². The van der Waals surface area contributed by atoms with Gasteiger partial charge in [0.25, 0.3) is 0 Å². The Morgan fingerprint density at radius 1 is 1.00 bits per heavy atom. The number of amides is 3. The first kappa shape index (κ1) is 26.8. The molecular formula is C23H29N7O5S. The zero-order chi connectivity index (χ0) is 26.2. The number of imidazole rings is 1. The van der Waals surface area contributed by atoms with Crippen LogP contribution >= 0.6 is 12.6 Å². The van der Waals surface area contributed by atoms with Crippen LogP contribution in [0.15, 0.2) is 43.0 Å². The minimum atomic E-state index is -1.24. The largest absolute Gasteiger partial charge is 0.480 e. The molecule has 192 valence electrons. The minimum Gasteiger partial charge on any atom is -0.480 e. The van der Waals surface area contributed by atoms with Crippen molar-refractivity contribution in [1.29, 1.82) is 0 Å². The Kier molecular flexibility index (Phi) is 9.08. The topological polar surface area (TPSA) is 195 Å². The minimum absolute atomic E-state index is 0.0330. The summed E-state index contributed by atoms with van der Waals surface area (Å²) in [7, 11) is 0. The van der Waals surface area contributed by atoms with Crippen molar-refractivity contribution in [2.45, 2.75) is 43.9 Å². The van der Waals surface area contributed by atoms with Crippen LogP contribution in [-0.2, 0) is 32.0 Å². The molecule has 0 saturated heterocycles. The number of carboxylic acid groups (broad SMARTS) is 1. The molecule has 0 fully saturated rings. The van der Waals surface area contributed by atoms with Gasteiger partial charge in [0.15, 0.2) is 0 Å². The third-order valence-electron chi connectivity index (χ3n) is 5.55. The van der Waals surface area contributed by atoms with Gasteiger partial charge in [-0.3, -0.25) is 14.4 Å². The molecule has 3 aromatic rings. The van der Waals surface area contributed by atoms with Crippen molar-refractivity contribution in [3.8, 4) is 0 Å². The molecule has 0 saturated carbocycles. The van der Waals surface area contributed by atoms with Gasteiger partial charge in [-0.05, 0) is 18.6 Å². The van der Waals surface area contributed by atoms with E-state index in [0.717, 1.165) is 16.5 Å². The second kappa shape index (κ2) is 12.2. The maximum atomic E-state index is 13.0. The number of hydrogen-bond donors (Lipinski definition) is 8. The Labute approximate surface area is 212 Å². The van der Waals surface area contributed by atoms with Crippen LogP contribution < -0.4 is 21.7 Å². The number of H-pyrrole nitrogens is 2. The van der Waals surface area contributed by atoms with Gasteiger partial charge in [-0.2, -0.15) is 12.6 Å². The van der Waals surface area contributed by atoms with Crippen molar-refractivity contribution in [3.05, 3.63) is 54.2 Å². The fourth-order valence-corrected chi connectivity index (χ4v) is 3.85. The number of thiol groups is 1. The van der Waals surface area contributed by atoms with Crippen molar-refractivity contribution in [3.63, 3.8) is 0 Å². The van der Waals surface area contributed by atoms with Crippen molar-refractivity contribution >= 4 is 47.2 Å². The molecule has 13 heteroatoms. The molecule has 2 aromatic heterocycles. The van der Waals surface area contributed by atoms with Gasteiger partial charge >= 0.3 is 5.97 Å². The fraction of sp³-hybridized carbons (Fsp3) is 0.348. The van der Waals surface area contributed by atoms with E-state index in [9.17, 15) is 24.3 Å². The van der Waals surface area contributed by atoms with Crippen LogP contribution in [0.2, 0.25) is 0 Å². The third-order valence-corrected chi connectivity index (χ3v) is 5.92. The standard InChI is InChI=1S/C23H29N7O5S/c1-12(24)20(31)28-17(7-14-9-25-11-27-14)21(32)30-19(10-36)22(33)29-18(23(34)35)6-13-8-26-16-5-3-2-4-15(13)16/h2-5,8-9,11-12,17-19,26,36H,6-7,10,24H2,1H3,(H,25,27)(H,28,31)(H,29,33)(H,30,32)(H,34,35). The summed E-state index contributed by atoms with van der Waals surface area (Å²) < 4.78 is 0. The van der Waals surface area contributed by atoms with Crippen LogP contribution in [-0.4, -0.2) is 73.7 Å². The number of aliphatic carboxylic acids is 1. The summed E-state index contributed by atoms with van der Waals surface area (Å²) in [5, 5.41) is 18.1. The zero-order valence-corrected chi connectivity index (χ0v) is 20.4. The Hall–Kier alpha value is -3.84. The first-order valence-corrected chi connectivity index (χ1v) is 11.9. The highest BCUT2D eigenvalue weighted by molar-refractivity contribution is 7.80. The molecule has 3 rings (SSSR count). The summed E-state index contributed by atoms with van der Waals surface area (Å²) in [4.78, 5) is 59.8. The monoisotopic (exact) mass is 515 g/mol. The van der Waals surface area contributed by atoms with Gasteiger partial charge in [0.05, 0.1) is 12.4 Å². The molecule has 36 heavy (non-hydrogen) atoms. The number of para-hydroxylation sites is 1. The van der Waals surface area contributed by atoms with Crippen molar-refractivity contribution in [2.75, 3.05) is 5.75 Å². The predicted molar refractivity (Wildman–Crippen MR) is 135 cm³/mol. The Morgan fingerprint density at radius 3 is 2.31 bits per heavy atom. The first-order chi connectivity index (χ1) is 17.2. The molecule has 3 amide bonds. The molecule has 0 bridgehead atoms. The average Bonchev–Trinajstić information content (AvgIpc) is 3.51. The van der Waals surface area contributed by atoms with E-state index in [-0.39, 0.29) is 18.6 Å². The summed E-state index contributed by atoms with van der Waals surface area (Å²) >= 11 is 4.15. The quantitative estimate of drug-likeness (QED) is 0.149. The molecule has 4 atom stereocenters. The van der Waals surface area contributed by atoms with E-state index in [1.807, 2.05) is 24.3 Å². The molecule has 0 spiro atoms. The van der Waals surface area contributed by atoms with Crippen molar-refractivity contribution in [1.82, 2.24) is 30.9 Å². The number of aromatic amines is 2. The van der Waals surface area contributed by atoms with E-state index in [2.05, 4.69) is 43.5 Å². The normalized spacial score (nSPS) is 14.4. The Balaban J connectivity index is 1.69. The number of aromatic nitrogens is 3. The number of carbonyl (C=O) groups excluding carboxylic acids is 3. The number of nitrogens with one attached hydrogen (secondary N) is 5. The lowest BCUT2D eigenvalue weighted by Gasteiger charge is -2.24. The average molecular weight is 516 g/mol. The van der Waals surface area contributed by atoms with Gasteiger partial charge in [-0.1, -0.05) is 18.2 Å². The van der Waals surface area contributed by atoms with Crippen LogP contribution in [0, 0.1) is 0 Å². The highest BCUT2D eigenvalue weighted by Gasteiger charge is 2.30. The molecule has 2 heterocycles. The van der Waals surface area contributed by atoms with E-state index < -0.39 is 47.9 Å². The Bertz CT molecular complexity index is 1210. The van der Waals surface area contributed by atoms with E-state index in [1.54, 1.807) is 6.20 Å². The molecule has 0 aliphatic carbocycles. The maximum Gasteiger partial charge on any atom is 0.326 e. The number of carboxylic acids is 1. The van der Waals surface area contributed by atoms with Gasteiger partial charge in [0.1, 0.15) is 18.1 Å². The SMILES string of the molecule is CC(N)C(=O)NC(Cc1cnc[nH]1)C(=O)NC(CS)C(=O)NC(Cc1c[nH]c2ccccc12)C(=O)O. The molecule has 12 nitrogen and oxygen atoms in total. The highest BCUT2D eigenvalue weighted by Crippen LogP contribution is 2.19. The van der Waals surface area contributed by atoms with E-state index >= 15 is 0 Å². The zero-order valence-electron chi connectivity index (χ0n) is 19.5. The number of rotatable bonds is 12. The van der Waals surface area contributed by atoms with Crippen LogP contribution in [0.4, 0.5) is 0 Å². The van der Waals surface area contributed by atoms with Gasteiger partial charge in [0, 0.05) is 47.6 Å². The van der Waals surface area contributed by atoms with Gasteiger partial charge < -0.3 is 36.8 Å².